The van der Waals surface area contributed by atoms with E-state index in [9.17, 15) is 9.59 Å². The van der Waals surface area contributed by atoms with Crippen LogP contribution in [0.25, 0.3) is 10.8 Å². The maximum atomic E-state index is 12.0. The third-order valence-corrected chi connectivity index (χ3v) is 3.28. The van der Waals surface area contributed by atoms with Crippen LogP contribution in [0.4, 0.5) is 5.69 Å². The topological polar surface area (TPSA) is 49.4 Å². The fourth-order valence-electron chi connectivity index (χ4n) is 2.16. The molecule has 20 heavy (non-hydrogen) atoms. The van der Waals surface area contributed by atoms with Crippen molar-refractivity contribution in [3.05, 3.63) is 42.5 Å². The van der Waals surface area contributed by atoms with Crippen LogP contribution in [0.2, 0.25) is 0 Å². The normalized spacial score (nSPS) is 10.3. The zero-order valence-electron chi connectivity index (χ0n) is 11.7. The Morgan fingerprint density at radius 2 is 1.65 bits per heavy atom. The van der Waals surface area contributed by atoms with E-state index >= 15 is 0 Å². The summed E-state index contributed by atoms with van der Waals surface area (Å²) in [5.74, 6) is -1.09. The van der Waals surface area contributed by atoms with E-state index in [-0.39, 0.29) is 0 Å². The molecule has 0 unspecified atom stereocenters. The molecule has 2 rings (SSSR count). The zero-order chi connectivity index (χ0) is 14.5. The Morgan fingerprint density at radius 3 is 2.35 bits per heavy atom. The lowest BCUT2D eigenvalue weighted by atomic mass is 10.1. The fourth-order valence-corrected chi connectivity index (χ4v) is 2.16. The van der Waals surface area contributed by atoms with Gasteiger partial charge in [0.2, 0.25) is 0 Å². The first-order valence-corrected chi connectivity index (χ1v) is 6.75. The van der Waals surface area contributed by atoms with Crippen LogP contribution in [-0.4, -0.2) is 29.8 Å². The van der Waals surface area contributed by atoms with Crippen molar-refractivity contribution in [1.82, 2.24) is 4.90 Å². The number of fused-ring (bicyclic) bond motifs is 1. The number of carbonyl (C=O) groups excluding carboxylic acids is 2. The number of rotatable bonds is 3. The molecule has 4 heteroatoms. The molecule has 0 aliphatic carbocycles. The molecule has 0 bridgehead atoms. The van der Waals surface area contributed by atoms with Gasteiger partial charge in [-0.25, -0.2) is 0 Å². The van der Waals surface area contributed by atoms with Crippen LogP contribution >= 0.6 is 0 Å². The number of amides is 2. The molecule has 0 saturated carbocycles. The van der Waals surface area contributed by atoms with Gasteiger partial charge in [0.15, 0.2) is 0 Å². The molecule has 2 aromatic rings. The van der Waals surface area contributed by atoms with Crippen LogP contribution < -0.4 is 5.32 Å². The van der Waals surface area contributed by atoms with Gasteiger partial charge in [0.1, 0.15) is 0 Å². The summed E-state index contributed by atoms with van der Waals surface area (Å²) in [5, 5.41) is 4.66. The molecule has 0 saturated heterocycles. The lowest BCUT2D eigenvalue weighted by Gasteiger charge is -2.18. The fraction of sp³-hybridized carbons (Fsp3) is 0.250. The Hall–Kier alpha value is -2.36. The summed E-state index contributed by atoms with van der Waals surface area (Å²) in [6, 6.07) is 13.4. The molecule has 0 aromatic heterocycles. The lowest BCUT2D eigenvalue weighted by molar-refractivity contribution is -0.142. The highest BCUT2D eigenvalue weighted by Gasteiger charge is 2.19. The molecule has 4 nitrogen and oxygen atoms in total. The number of hydrogen-bond acceptors (Lipinski definition) is 2. The second-order valence-corrected chi connectivity index (χ2v) is 4.46. The lowest BCUT2D eigenvalue weighted by Crippen LogP contribution is -2.39. The van der Waals surface area contributed by atoms with Crippen LogP contribution in [0.15, 0.2) is 42.5 Å². The number of anilines is 1. The van der Waals surface area contributed by atoms with Crippen molar-refractivity contribution in [2.24, 2.45) is 0 Å². The highest BCUT2D eigenvalue weighted by molar-refractivity contribution is 6.40. The third-order valence-electron chi connectivity index (χ3n) is 3.28. The summed E-state index contributed by atoms with van der Waals surface area (Å²) < 4.78 is 0. The molecule has 0 fully saturated rings. The van der Waals surface area contributed by atoms with Gasteiger partial charge in [-0.1, -0.05) is 36.4 Å². The predicted octanol–water partition coefficient (Wildman–Crippen LogP) is 2.65. The second-order valence-electron chi connectivity index (χ2n) is 4.46. The number of carbonyl (C=O) groups is 2. The minimum Gasteiger partial charge on any atom is -0.335 e. The van der Waals surface area contributed by atoms with E-state index in [2.05, 4.69) is 5.32 Å². The number of nitrogens with one attached hydrogen (secondary N) is 1. The monoisotopic (exact) mass is 270 g/mol. The van der Waals surface area contributed by atoms with Crippen LogP contribution in [0.5, 0.6) is 0 Å². The molecule has 0 heterocycles. The average molecular weight is 270 g/mol. The Balaban J connectivity index is 2.24. The van der Waals surface area contributed by atoms with Gasteiger partial charge < -0.3 is 10.2 Å². The van der Waals surface area contributed by atoms with Gasteiger partial charge in [-0.15, -0.1) is 0 Å². The smallest absolute Gasteiger partial charge is 0.313 e. The molecular weight excluding hydrogens is 252 g/mol. The SMILES string of the molecule is CCN(CC)C(=O)C(=O)Nc1cccc2ccccc12. The molecule has 104 valence electrons. The van der Waals surface area contributed by atoms with E-state index in [4.69, 9.17) is 0 Å². The first-order chi connectivity index (χ1) is 9.67. The summed E-state index contributed by atoms with van der Waals surface area (Å²) in [6.07, 6.45) is 0. The Labute approximate surface area is 118 Å². The van der Waals surface area contributed by atoms with E-state index in [0.717, 1.165) is 10.8 Å². The zero-order valence-corrected chi connectivity index (χ0v) is 11.7. The summed E-state index contributed by atoms with van der Waals surface area (Å²) in [6.45, 7) is 4.76. The van der Waals surface area contributed by atoms with Crippen LogP contribution in [-0.2, 0) is 9.59 Å². The Bertz CT molecular complexity index is 628. The molecule has 0 aliphatic rings. The molecule has 0 atom stereocenters. The van der Waals surface area contributed by atoms with Gasteiger partial charge in [-0.05, 0) is 25.3 Å². The first-order valence-electron chi connectivity index (χ1n) is 6.75. The van der Waals surface area contributed by atoms with Crippen molar-refractivity contribution in [3.8, 4) is 0 Å². The molecule has 1 N–H and O–H groups in total. The summed E-state index contributed by atoms with van der Waals surface area (Å²) >= 11 is 0. The van der Waals surface area contributed by atoms with Crippen LogP contribution in [0.3, 0.4) is 0 Å². The van der Waals surface area contributed by atoms with Crippen molar-refractivity contribution in [3.63, 3.8) is 0 Å². The van der Waals surface area contributed by atoms with Crippen molar-refractivity contribution in [2.45, 2.75) is 13.8 Å². The quantitative estimate of drug-likeness (QED) is 0.872. The van der Waals surface area contributed by atoms with Gasteiger partial charge in [-0.2, -0.15) is 0 Å². The van der Waals surface area contributed by atoms with E-state index in [1.807, 2.05) is 50.2 Å². The van der Waals surface area contributed by atoms with E-state index in [0.29, 0.717) is 18.8 Å². The molecule has 2 aromatic carbocycles. The molecule has 0 aliphatic heterocycles. The van der Waals surface area contributed by atoms with E-state index < -0.39 is 11.8 Å². The third kappa shape index (κ3) is 2.79. The van der Waals surface area contributed by atoms with E-state index in [1.54, 1.807) is 6.07 Å². The van der Waals surface area contributed by atoms with Gasteiger partial charge >= 0.3 is 11.8 Å². The minimum absolute atomic E-state index is 0.497. The molecule has 0 spiro atoms. The summed E-state index contributed by atoms with van der Waals surface area (Å²) in [7, 11) is 0. The van der Waals surface area contributed by atoms with Gasteiger partial charge in [-0.3, -0.25) is 9.59 Å². The summed E-state index contributed by atoms with van der Waals surface area (Å²) in [5.41, 5.74) is 0.661. The van der Waals surface area contributed by atoms with Gasteiger partial charge in [0, 0.05) is 24.2 Å². The molecule has 2 amide bonds. The largest absolute Gasteiger partial charge is 0.335 e. The first kappa shape index (κ1) is 14.1. The number of likely N-dealkylation sites (N-methyl/N-ethyl adjacent to an activating group) is 1. The predicted molar refractivity (Wildman–Crippen MR) is 80.5 cm³/mol. The second kappa shape index (κ2) is 6.19. The highest BCUT2D eigenvalue weighted by atomic mass is 16.2. The van der Waals surface area contributed by atoms with E-state index in [1.165, 1.54) is 4.90 Å². The average Bonchev–Trinajstić information content (AvgIpc) is 2.48. The van der Waals surface area contributed by atoms with Crippen molar-refractivity contribution in [2.75, 3.05) is 18.4 Å². The minimum atomic E-state index is -0.593. The highest BCUT2D eigenvalue weighted by Crippen LogP contribution is 2.22. The maximum absolute atomic E-state index is 12.0. The van der Waals surface area contributed by atoms with Crippen LogP contribution in [0.1, 0.15) is 13.8 Å². The van der Waals surface area contributed by atoms with Crippen molar-refractivity contribution < 1.29 is 9.59 Å². The van der Waals surface area contributed by atoms with Gasteiger partial charge in [0.25, 0.3) is 0 Å². The Kier molecular flexibility index (Phi) is 4.35. The Morgan fingerprint density at radius 1 is 1.00 bits per heavy atom. The molecular formula is C16H18N2O2. The van der Waals surface area contributed by atoms with Crippen LogP contribution in [0, 0.1) is 0 Å². The summed E-state index contributed by atoms with van der Waals surface area (Å²) in [4.78, 5) is 25.5. The number of hydrogen-bond donors (Lipinski definition) is 1. The number of benzene rings is 2. The number of nitrogens with zero attached hydrogens (tertiary/aromatic N) is 1. The van der Waals surface area contributed by atoms with Gasteiger partial charge in [0.05, 0.1) is 0 Å². The van der Waals surface area contributed by atoms with Crippen molar-refractivity contribution in [1.29, 1.82) is 0 Å². The maximum Gasteiger partial charge on any atom is 0.313 e. The standard InChI is InChI=1S/C16H18N2O2/c1-3-18(4-2)16(20)15(19)17-14-11-7-9-12-8-5-6-10-13(12)14/h5-11H,3-4H2,1-2H3,(H,17,19). The molecule has 0 radical (unpaired) electrons. The van der Waals surface area contributed by atoms with Crippen molar-refractivity contribution >= 4 is 28.3 Å².